The summed E-state index contributed by atoms with van der Waals surface area (Å²) >= 11 is 0. The van der Waals surface area contributed by atoms with E-state index in [9.17, 15) is 17.2 Å². The second-order valence-corrected chi connectivity index (χ2v) is 6.39. The maximum Gasteiger partial charge on any atom is 0.265 e. The number of nitrogens with one attached hydrogen (secondary N) is 1. The van der Waals surface area contributed by atoms with E-state index < -0.39 is 26.6 Å². The average Bonchev–Trinajstić information content (AvgIpc) is 2.37. The molecular formula is C14H14F2N2O2S. The molecule has 0 spiro atoms. The minimum atomic E-state index is -4.27. The fourth-order valence-electron chi connectivity index (χ4n) is 1.91. The van der Waals surface area contributed by atoms with Gasteiger partial charge in [-0.1, -0.05) is 17.7 Å². The zero-order valence-corrected chi connectivity index (χ0v) is 12.3. The Kier molecular flexibility index (Phi) is 3.87. The average molecular weight is 312 g/mol. The third-order valence-corrected chi connectivity index (χ3v) is 4.30. The number of nitrogen functional groups attached to an aromatic ring is 1. The Labute approximate surface area is 121 Å². The van der Waals surface area contributed by atoms with Crippen LogP contribution in [0.4, 0.5) is 20.2 Å². The molecule has 7 heteroatoms. The summed E-state index contributed by atoms with van der Waals surface area (Å²) in [6, 6.07) is 6.65. The molecule has 0 aliphatic rings. The molecule has 3 N–H and O–H groups in total. The normalized spacial score (nSPS) is 11.4. The fourth-order valence-corrected chi connectivity index (χ4v) is 3.16. The smallest absolute Gasteiger partial charge is 0.265 e. The zero-order chi connectivity index (χ0) is 15.8. The molecule has 0 bridgehead atoms. The van der Waals surface area contributed by atoms with Crippen LogP contribution in [0.2, 0.25) is 0 Å². The molecule has 4 nitrogen and oxygen atoms in total. The van der Waals surface area contributed by atoms with Crippen LogP contribution >= 0.6 is 0 Å². The molecule has 0 aliphatic carbocycles. The van der Waals surface area contributed by atoms with Crippen LogP contribution in [-0.2, 0) is 10.0 Å². The zero-order valence-electron chi connectivity index (χ0n) is 11.4. The van der Waals surface area contributed by atoms with Crippen molar-refractivity contribution in [3.8, 4) is 0 Å². The van der Waals surface area contributed by atoms with Crippen molar-refractivity contribution in [1.82, 2.24) is 0 Å². The van der Waals surface area contributed by atoms with E-state index in [-0.39, 0.29) is 5.69 Å². The monoisotopic (exact) mass is 312 g/mol. The molecule has 0 atom stereocenters. The summed E-state index contributed by atoms with van der Waals surface area (Å²) in [6.07, 6.45) is 0. The Bertz CT molecular complexity index is 805. The van der Waals surface area contributed by atoms with Gasteiger partial charge in [0.2, 0.25) is 0 Å². The van der Waals surface area contributed by atoms with E-state index in [4.69, 9.17) is 5.73 Å². The van der Waals surface area contributed by atoms with Gasteiger partial charge >= 0.3 is 0 Å². The lowest BCUT2D eigenvalue weighted by atomic mass is 10.1. The van der Waals surface area contributed by atoms with Gasteiger partial charge in [-0.25, -0.2) is 17.2 Å². The van der Waals surface area contributed by atoms with Gasteiger partial charge in [-0.2, -0.15) is 0 Å². The van der Waals surface area contributed by atoms with Crippen molar-refractivity contribution in [1.29, 1.82) is 0 Å². The number of aryl methyl sites for hydroxylation is 2. The van der Waals surface area contributed by atoms with Crippen molar-refractivity contribution in [2.24, 2.45) is 0 Å². The molecule has 0 fully saturated rings. The van der Waals surface area contributed by atoms with Gasteiger partial charge in [0.1, 0.15) is 4.90 Å². The van der Waals surface area contributed by atoms with Crippen LogP contribution < -0.4 is 10.5 Å². The van der Waals surface area contributed by atoms with Crippen molar-refractivity contribution in [2.45, 2.75) is 18.7 Å². The summed E-state index contributed by atoms with van der Waals surface area (Å²) in [6.45, 7) is 3.57. The van der Waals surface area contributed by atoms with Gasteiger partial charge in [0.15, 0.2) is 11.6 Å². The molecule has 0 heterocycles. The summed E-state index contributed by atoms with van der Waals surface area (Å²) in [5, 5.41) is 0. The van der Waals surface area contributed by atoms with Gasteiger partial charge in [-0.3, -0.25) is 4.72 Å². The number of anilines is 2. The number of benzene rings is 2. The molecule has 0 saturated carbocycles. The van der Waals surface area contributed by atoms with Crippen molar-refractivity contribution < 1.29 is 17.2 Å². The largest absolute Gasteiger partial charge is 0.399 e. The molecular weight excluding hydrogens is 298 g/mol. The molecule has 2 rings (SSSR count). The van der Waals surface area contributed by atoms with Crippen molar-refractivity contribution in [3.05, 3.63) is 53.1 Å². The van der Waals surface area contributed by atoms with Crippen molar-refractivity contribution in [3.63, 3.8) is 0 Å². The Morgan fingerprint density at radius 1 is 1.10 bits per heavy atom. The number of hydrogen-bond donors (Lipinski definition) is 2. The Morgan fingerprint density at radius 2 is 1.76 bits per heavy atom. The van der Waals surface area contributed by atoms with Gasteiger partial charge in [0.25, 0.3) is 10.0 Å². The highest BCUT2D eigenvalue weighted by atomic mass is 32.2. The lowest BCUT2D eigenvalue weighted by Gasteiger charge is -2.12. The van der Waals surface area contributed by atoms with Gasteiger partial charge in [0, 0.05) is 5.69 Å². The molecule has 2 aromatic carbocycles. The third kappa shape index (κ3) is 3.13. The summed E-state index contributed by atoms with van der Waals surface area (Å²) in [5.41, 5.74) is 7.12. The second-order valence-electron chi connectivity index (χ2n) is 4.74. The molecule has 0 aliphatic heterocycles. The van der Waals surface area contributed by atoms with Crippen LogP contribution in [0.25, 0.3) is 0 Å². The standard InChI is InChI=1S/C14H14F2N2O2S/c1-8-3-4-12(9(2)5-8)18-21(19,20)13-7-10(17)6-11(15)14(13)16/h3-7,18H,17H2,1-2H3. The van der Waals surface area contributed by atoms with E-state index in [2.05, 4.69) is 4.72 Å². The maximum atomic E-state index is 13.7. The van der Waals surface area contributed by atoms with E-state index in [0.29, 0.717) is 11.3 Å². The molecule has 21 heavy (non-hydrogen) atoms. The van der Waals surface area contributed by atoms with Gasteiger partial charge in [0.05, 0.1) is 5.69 Å². The van der Waals surface area contributed by atoms with E-state index >= 15 is 0 Å². The number of rotatable bonds is 3. The van der Waals surface area contributed by atoms with E-state index in [1.165, 1.54) is 0 Å². The Morgan fingerprint density at radius 3 is 2.38 bits per heavy atom. The summed E-state index contributed by atoms with van der Waals surface area (Å²) in [4.78, 5) is -0.819. The van der Waals surface area contributed by atoms with Crippen LogP contribution in [0.1, 0.15) is 11.1 Å². The third-order valence-electron chi connectivity index (χ3n) is 2.93. The first kappa shape index (κ1) is 15.2. The number of halogens is 2. The molecule has 0 aromatic heterocycles. The van der Waals surface area contributed by atoms with Gasteiger partial charge < -0.3 is 5.73 Å². The first-order valence-corrected chi connectivity index (χ1v) is 7.53. The topological polar surface area (TPSA) is 72.2 Å². The molecule has 2 aromatic rings. The van der Waals surface area contributed by atoms with Crippen LogP contribution in [0, 0.1) is 25.5 Å². The first-order valence-electron chi connectivity index (χ1n) is 6.05. The summed E-state index contributed by atoms with van der Waals surface area (Å²) < 4.78 is 53.6. The quantitative estimate of drug-likeness (QED) is 0.856. The molecule has 0 unspecified atom stereocenters. The molecule has 0 radical (unpaired) electrons. The van der Waals surface area contributed by atoms with E-state index in [0.717, 1.165) is 17.7 Å². The lowest BCUT2D eigenvalue weighted by Crippen LogP contribution is -2.16. The number of nitrogens with two attached hydrogens (primary N) is 1. The maximum absolute atomic E-state index is 13.7. The van der Waals surface area contributed by atoms with Crippen molar-refractivity contribution in [2.75, 3.05) is 10.5 Å². The number of sulfonamides is 1. The van der Waals surface area contributed by atoms with Crippen LogP contribution in [0.3, 0.4) is 0 Å². The predicted octanol–water partition coefficient (Wildman–Crippen LogP) is 2.96. The minimum absolute atomic E-state index is 0.171. The van der Waals surface area contributed by atoms with Crippen LogP contribution in [-0.4, -0.2) is 8.42 Å². The van der Waals surface area contributed by atoms with Gasteiger partial charge in [-0.05, 0) is 37.6 Å². The molecule has 0 amide bonds. The SMILES string of the molecule is Cc1ccc(NS(=O)(=O)c2cc(N)cc(F)c2F)c(C)c1. The van der Waals surface area contributed by atoms with E-state index in [1.807, 2.05) is 6.92 Å². The lowest BCUT2D eigenvalue weighted by molar-refractivity contribution is 0.486. The van der Waals surface area contributed by atoms with Crippen LogP contribution in [0.15, 0.2) is 35.2 Å². The van der Waals surface area contributed by atoms with Crippen LogP contribution in [0.5, 0.6) is 0 Å². The predicted molar refractivity (Wildman–Crippen MR) is 77.5 cm³/mol. The second kappa shape index (κ2) is 5.33. The molecule has 0 saturated heterocycles. The Hall–Kier alpha value is -2.15. The van der Waals surface area contributed by atoms with Gasteiger partial charge in [-0.15, -0.1) is 0 Å². The highest BCUT2D eigenvalue weighted by Gasteiger charge is 2.23. The number of hydrogen-bond acceptors (Lipinski definition) is 3. The summed E-state index contributed by atoms with van der Waals surface area (Å²) in [5.74, 6) is -2.77. The highest BCUT2D eigenvalue weighted by molar-refractivity contribution is 7.92. The highest BCUT2D eigenvalue weighted by Crippen LogP contribution is 2.25. The fraction of sp³-hybridized carbons (Fsp3) is 0.143. The van der Waals surface area contributed by atoms with E-state index in [1.54, 1.807) is 25.1 Å². The summed E-state index contributed by atoms with van der Waals surface area (Å²) in [7, 11) is -4.27. The minimum Gasteiger partial charge on any atom is -0.399 e. The molecule has 112 valence electrons. The Balaban J connectivity index is 2.48. The first-order chi connectivity index (χ1) is 9.70. The van der Waals surface area contributed by atoms with Crippen molar-refractivity contribution >= 4 is 21.4 Å².